The van der Waals surface area contributed by atoms with Crippen molar-refractivity contribution >= 4 is 0 Å². The zero-order valence-electron chi connectivity index (χ0n) is 13.3. The minimum absolute atomic E-state index is 0.548. The Kier molecular flexibility index (Phi) is 6.05. The van der Waals surface area contributed by atoms with Gasteiger partial charge in [0.1, 0.15) is 0 Å². The summed E-state index contributed by atoms with van der Waals surface area (Å²) in [4.78, 5) is 2.58. The highest BCUT2D eigenvalue weighted by Crippen LogP contribution is 2.14. The fourth-order valence-corrected chi connectivity index (χ4v) is 3.06. The maximum atomic E-state index is 4.69. The standard InChI is InChI=1S/C16H30N4/c1-4-16(5-2)20-11-8-15(18-20)13-17-12-14(3)19-9-6-7-10-19/h8,11,14,16-17H,4-7,9-10,12-13H2,1-3H3. The molecule has 1 aromatic heterocycles. The van der Waals surface area contributed by atoms with Crippen LogP contribution in [0.4, 0.5) is 0 Å². The quantitative estimate of drug-likeness (QED) is 0.794. The van der Waals surface area contributed by atoms with E-state index in [4.69, 9.17) is 0 Å². The first-order valence-electron chi connectivity index (χ1n) is 8.23. The third-order valence-corrected chi connectivity index (χ3v) is 4.49. The van der Waals surface area contributed by atoms with Crippen LogP contribution in [0.3, 0.4) is 0 Å². The Hall–Kier alpha value is -0.870. The highest BCUT2D eigenvalue weighted by molar-refractivity contribution is 4.99. The first kappa shape index (κ1) is 15.5. The minimum Gasteiger partial charge on any atom is -0.310 e. The van der Waals surface area contributed by atoms with E-state index in [0.717, 1.165) is 31.6 Å². The molecule has 1 saturated heterocycles. The molecule has 1 N–H and O–H groups in total. The Morgan fingerprint density at radius 1 is 1.25 bits per heavy atom. The monoisotopic (exact) mass is 278 g/mol. The summed E-state index contributed by atoms with van der Waals surface area (Å²) >= 11 is 0. The lowest BCUT2D eigenvalue weighted by molar-refractivity contribution is 0.251. The summed E-state index contributed by atoms with van der Waals surface area (Å²) in [6.07, 6.45) is 7.15. The second kappa shape index (κ2) is 7.79. The summed E-state index contributed by atoms with van der Waals surface area (Å²) in [5, 5.41) is 8.24. The molecule has 20 heavy (non-hydrogen) atoms. The molecule has 2 rings (SSSR count). The van der Waals surface area contributed by atoms with Gasteiger partial charge in [0.25, 0.3) is 0 Å². The first-order chi connectivity index (χ1) is 9.74. The molecular weight excluding hydrogens is 248 g/mol. The second-order valence-electron chi connectivity index (χ2n) is 5.98. The molecule has 0 amide bonds. The van der Waals surface area contributed by atoms with Gasteiger partial charge in [-0.1, -0.05) is 13.8 Å². The summed E-state index contributed by atoms with van der Waals surface area (Å²) in [6, 6.07) is 3.33. The summed E-state index contributed by atoms with van der Waals surface area (Å²) in [5.41, 5.74) is 1.16. The number of likely N-dealkylation sites (tertiary alicyclic amines) is 1. The zero-order valence-corrected chi connectivity index (χ0v) is 13.3. The van der Waals surface area contributed by atoms with Gasteiger partial charge in [-0.3, -0.25) is 9.58 Å². The van der Waals surface area contributed by atoms with Crippen molar-refractivity contribution < 1.29 is 0 Å². The molecule has 4 heteroatoms. The van der Waals surface area contributed by atoms with E-state index in [0.29, 0.717) is 12.1 Å². The fourth-order valence-electron chi connectivity index (χ4n) is 3.06. The van der Waals surface area contributed by atoms with E-state index < -0.39 is 0 Å². The molecule has 0 radical (unpaired) electrons. The van der Waals surface area contributed by atoms with E-state index in [1.54, 1.807) is 0 Å². The van der Waals surface area contributed by atoms with Crippen molar-refractivity contribution in [3.8, 4) is 0 Å². The van der Waals surface area contributed by atoms with Gasteiger partial charge in [-0.2, -0.15) is 5.10 Å². The Morgan fingerprint density at radius 2 is 1.95 bits per heavy atom. The van der Waals surface area contributed by atoms with Gasteiger partial charge < -0.3 is 5.32 Å². The van der Waals surface area contributed by atoms with Gasteiger partial charge in [0, 0.05) is 25.3 Å². The van der Waals surface area contributed by atoms with E-state index in [1.807, 2.05) is 0 Å². The van der Waals surface area contributed by atoms with Crippen molar-refractivity contribution in [2.24, 2.45) is 0 Å². The molecule has 1 aromatic rings. The number of hydrogen-bond donors (Lipinski definition) is 1. The van der Waals surface area contributed by atoms with Crippen LogP contribution in [-0.4, -0.2) is 40.4 Å². The zero-order chi connectivity index (χ0) is 14.4. The largest absolute Gasteiger partial charge is 0.310 e. The first-order valence-corrected chi connectivity index (χ1v) is 8.23. The van der Waals surface area contributed by atoms with Crippen molar-refractivity contribution in [1.82, 2.24) is 20.0 Å². The third kappa shape index (κ3) is 4.06. The number of aromatic nitrogens is 2. The van der Waals surface area contributed by atoms with Crippen molar-refractivity contribution in [3.63, 3.8) is 0 Å². The summed E-state index contributed by atoms with van der Waals surface area (Å²) in [7, 11) is 0. The molecule has 0 bridgehead atoms. The molecule has 0 aromatic carbocycles. The Morgan fingerprint density at radius 3 is 2.60 bits per heavy atom. The van der Waals surface area contributed by atoms with E-state index >= 15 is 0 Å². The van der Waals surface area contributed by atoms with Crippen LogP contribution < -0.4 is 5.32 Å². The predicted octanol–water partition coefficient (Wildman–Crippen LogP) is 2.82. The topological polar surface area (TPSA) is 33.1 Å². The van der Waals surface area contributed by atoms with Crippen LogP contribution in [0.15, 0.2) is 12.3 Å². The predicted molar refractivity (Wildman–Crippen MR) is 83.8 cm³/mol. The summed E-state index contributed by atoms with van der Waals surface area (Å²) in [6.45, 7) is 11.2. The van der Waals surface area contributed by atoms with Gasteiger partial charge in [0.2, 0.25) is 0 Å². The SMILES string of the molecule is CCC(CC)n1ccc(CNCC(C)N2CCCC2)n1. The van der Waals surface area contributed by atoms with Gasteiger partial charge in [0.15, 0.2) is 0 Å². The number of nitrogens with one attached hydrogen (secondary N) is 1. The maximum Gasteiger partial charge on any atom is 0.0762 e. The maximum absolute atomic E-state index is 4.69. The molecule has 0 aliphatic carbocycles. The smallest absolute Gasteiger partial charge is 0.0762 e. The van der Waals surface area contributed by atoms with Gasteiger partial charge in [-0.05, 0) is 51.8 Å². The number of nitrogens with zero attached hydrogens (tertiary/aromatic N) is 3. The molecule has 1 aliphatic rings. The summed E-state index contributed by atoms with van der Waals surface area (Å²) < 4.78 is 2.13. The molecule has 1 fully saturated rings. The van der Waals surface area contributed by atoms with E-state index in [1.165, 1.54) is 25.9 Å². The highest BCUT2D eigenvalue weighted by Gasteiger charge is 2.17. The average molecular weight is 278 g/mol. The lowest BCUT2D eigenvalue weighted by Gasteiger charge is -2.23. The van der Waals surface area contributed by atoms with E-state index in [2.05, 4.69) is 53.0 Å². The summed E-state index contributed by atoms with van der Waals surface area (Å²) in [5.74, 6) is 0. The van der Waals surface area contributed by atoms with Crippen LogP contribution in [0, 0.1) is 0 Å². The van der Waals surface area contributed by atoms with Crippen molar-refractivity contribution in [1.29, 1.82) is 0 Å². The lowest BCUT2D eigenvalue weighted by atomic mass is 10.2. The van der Waals surface area contributed by atoms with Crippen LogP contribution in [-0.2, 0) is 6.54 Å². The lowest BCUT2D eigenvalue weighted by Crippen LogP contribution is -2.38. The van der Waals surface area contributed by atoms with Gasteiger partial charge in [-0.25, -0.2) is 0 Å². The van der Waals surface area contributed by atoms with Crippen molar-refractivity contribution in [2.75, 3.05) is 19.6 Å². The third-order valence-electron chi connectivity index (χ3n) is 4.49. The number of rotatable bonds is 8. The average Bonchev–Trinajstić information content (AvgIpc) is 3.11. The van der Waals surface area contributed by atoms with Gasteiger partial charge >= 0.3 is 0 Å². The van der Waals surface area contributed by atoms with E-state index in [9.17, 15) is 0 Å². The van der Waals surface area contributed by atoms with Crippen LogP contribution in [0.5, 0.6) is 0 Å². The van der Waals surface area contributed by atoms with Crippen molar-refractivity contribution in [2.45, 2.75) is 65.1 Å². The van der Waals surface area contributed by atoms with Gasteiger partial charge in [0.05, 0.1) is 11.7 Å². The number of hydrogen-bond acceptors (Lipinski definition) is 3. The van der Waals surface area contributed by atoms with Crippen LogP contribution in [0.1, 0.15) is 58.2 Å². The molecule has 1 atom stereocenters. The minimum atomic E-state index is 0.548. The molecule has 0 spiro atoms. The normalized spacial score (nSPS) is 18.0. The van der Waals surface area contributed by atoms with Crippen molar-refractivity contribution in [3.05, 3.63) is 18.0 Å². The molecule has 4 nitrogen and oxygen atoms in total. The molecular formula is C16H30N4. The van der Waals surface area contributed by atoms with Crippen LogP contribution >= 0.6 is 0 Å². The highest BCUT2D eigenvalue weighted by atomic mass is 15.3. The van der Waals surface area contributed by atoms with E-state index in [-0.39, 0.29) is 0 Å². The molecule has 2 heterocycles. The Bertz CT molecular complexity index is 378. The fraction of sp³-hybridized carbons (Fsp3) is 0.812. The van der Waals surface area contributed by atoms with Crippen LogP contribution in [0.25, 0.3) is 0 Å². The van der Waals surface area contributed by atoms with Crippen LogP contribution in [0.2, 0.25) is 0 Å². The Balaban J connectivity index is 1.73. The Labute approximate surface area is 123 Å². The second-order valence-corrected chi connectivity index (χ2v) is 5.98. The molecule has 1 unspecified atom stereocenters. The molecule has 0 saturated carbocycles. The molecule has 1 aliphatic heterocycles. The van der Waals surface area contributed by atoms with Gasteiger partial charge in [-0.15, -0.1) is 0 Å². The molecule has 114 valence electrons.